The van der Waals surface area contributed by atoms with Crippen LogP contribution < -0.4 is 10.6 Å². The number of carboxylic acid groups (broad SMARTS) is 1. The van der Waals surface area contributed by atoms with E-state index in [1.54, 1.807) is 26.2 Å². The quantitative estimate of drug-likeness (QED) is 0.703. The molecule has 2 amide bonds. The lowest BCUT2D eigenvalue weighted by atomic mass is 9.96. The van der Waals surface area contributed by atoms with Gasteiger partial charge < -0.3 is 15.7 Å². The van der Waals surface area contributed by atoms with Crippen molar-refractivity contribution in [3.8, 4) is 0 Å². The van der Waals surface area contributed by atoms with Crippen LogP contribution in [0.5, 0.6) is 0 Å². The van der Waals surface area contributed by atoms with E-state index in [4.69, 9.17) is 5.11 Å². The Balaban J connectivity index is 2.60. The molecular weight excluding hydrogens is 318 g/mol. The molecule has 3 N–H and O–H groups in total. The van der Waals surface area contributed by atoms with E-state index in [2.05, 4.69) is 15.6 Å². The number of hydrogen-bond donors (Lipinski definition) is 3. The van der Waals surface area contributed by atoms with Crippen LogP contribution in [0.4, 0.5) is 5.13 Å². The molecule has 1 aromatic rings. The summed E-state index contributed by atoms with van der Waals surface area (Å²) in [5.41, 5.74) is -0.0321. The minimum Gasteiger partial charge on any atom is -0.480 e. The highest BCUT2D eigenvalue weighted by molar-refractivity contribution is 7.13. The number of amides is 2. The Morgan fingerprint density at radius 1 is 1.35 bits per heavy atom. The van der Waals surface area contributed by atoms with Gasteiger partial charge in [0.25, 0.3) is 0 Å². The SMILES string of the molecule is CCCC(NC(=O)Cc1csc(NC(=O)C(C)(C)C)n1)C(=O)O. The van der Waals surface area contributed by atoms with Gasteiger partial charge in [-0.25, -0.2) is 9.78 Å². The van der Waals surface area contributed by atoms with Crippen LogP contribution in [0.3, 0.4) is 0 Å². The molecule has 23 heavy (non-hydrogen) atoms. The van der Waals surface area contributed by atoms with Crippen molar-refractivity contribution in [3.63, 3.8) is 0 Å². The molecule has 1 rings (SSSR count). The number of aromatic nitrogens is 1. The molecule has 0 aliphatic rings. The molecule has 0 aromatic carbocycles. The minimum atomic E-state index is -1.04. The van der Waals surface area contributed by atoms with Crippen LogP contribution >= 0.6 is 11.3 Å². The highest BCUT2D eigenvalue weighted by atomic mass is 32.1. The Kier molecular flexibility index (Phi) is 6.68. The molecule has 0 aliphatic carbocycles. The lowest BCUT2D eigenvalue weighted by molar-refractivity contribution is -0.142. The predicted molar refractivity (Wildman–Crippen MR) is 88.4 cm³/mol. The molecule has 1 aromatic heterocycles. The van der Waals surface area contributed by atoms with Gasteiger partial charge in [0, 0.05) is 10.8 Å². The standard InChI is InChI=1S/C15H23N3O4S/c1-5-6-10(12(20)21)17-11(19)7-9-8-23-14(16-9)18-13(22)15(2,3)4/h8,10H,5-7H2,1-4H3,(H,17,19)(H,20,21)(H,16,18,22). The number of anilines is 1. The van der Waals surface area contributed by atoms with Gasteiger partial charge in [0.1, 0.15) is 6.04 Å². The Labute approximate surface area is 139 Å². The molecule has 0 radical (unpaired) electrons. The van der Waals surface area contributed by atoms with Crippen molar-refractivity contribution in [1.82, 2.24) is 10.3 Å². The molecule has 1 atom stereocenters. The molecule has 0 spiro atoms. The van der Waals surface area contributed by atoms with E-state index in [0.29, 0.717) is 23.7 Å². The first-order valence-corrected chi connectivity index (χ1v) is 8.29. The Morgan fingerprint density at radius 3 is 2.52 bits per heavy atom. The van der Waals surface area contributed by atoms with Gasteiger partial charge in [-0.15, -0.1) is 11.3 Å². The van der Waals surface area contributed by atoms with Gasteiger partial charge in [0.05, 0.1) is 12.1 Å². The molecule has 1 unspecified atom stereocenters. The lowest BCUT2D eigenvalue weighted by Crippen LogP contribution is -2.41. The van der Waals surface area contributed by atoms with Crippen LogP contribution in [-0.2, 0) is 20.8 Å². The number of aliphatic carboxylic acids is 1. The van der Waals surface area contributed by atoms with E-state index in [0.717, 1.165) is 0 Å². The van der Waals surface area contributed by atoms with Crippen molar-refractivity contribution in [2.24, 2.45) is 5.41 Å². The van der Waals surface area contributed by atoms with Crippen molar-refractivity contribution < 1.29 is 19.5 Å². The van der Waals surface area contributed by atoms with Gasteiger partial charge in [-0.3, -0.25) is 9.59 Å². The van der Waals surface area contributed by atoms with E-state index in [-0.39, 0.29) is 12.3 Å². The highest BCUT2D eigenvalue weighted by Crippen LogP contribution is 2.20. The zero-order chi connectivity index (χ0) is 17.6. The van der Waals surface area contributed by atoms with Crippen molar-refractivity contribution in [2.45, 2.75) is 53.0 Å². The largest absolute Gasteiger partial charge is 0.480 e. The number of rotatable bonds is 7. The van der Waals surface area contributed by atoms with Crippen LogP contribution in [0.25, 0.3) is 0 Å². The number of hydrogen-bond acceptors (Lipinski definition) is 5. The van der Waals surface area contributed by atoms with E-state index in [1.807, 2.05) is 6.92 Å². The van der Waals surface area contributed by atoms with Crippen molar-refractivity contribution in [1.29, 1.82) is 0 Å². The fraction of sp³-hybridized carbons (Fsp3) is 0.600. The average molecular weight is 341 g/mol. The maximum atomic E-state index is 11.9. The molecule has 7 nitrogen and oxygen atoms in total. The molecule has 0 bridgehead atoms. The first-order chi connectivity index (χ1) is 10.6. The Morgan fingerprint density at radius 2 is 2.00 bits per heavy atom. The Hall–Kier alpha value is -1.96. The summed E-state index contributed by atoms with van der Waals surface area (Å²) in [4.78, 5) is 39.0. The second-order valence-corrected chi connectivity index (χ2v) is 7.13. The van der Waals surface area contributed by atoms with Crippen LogP contribution in [0.15, 0.2) is 5.38 Å². The summed E-state index contributed by atoms with van der Waals surface area (Å²) in [6.07, 6.45) is 1.03. The smallest absolute Gasteiger partial charge is 0.326 e. The molecule has 0 aliphatic heterocycles. The number of carbonyl (C=O) groups is 3. The maximum absolute atomic E-state index is 11.9. The molecule has 128 valence electrons. The molecule has 1 heterocycles. The maximum Gasteiger partial charge on any atom is 0.326 e. The van der Waals surface area contributed by atoms with Crippen LogP contribution in [0, 0.1) is 5.41 Å². The molecule has 8 heteroatoms. The monoisotopic (exact) mass is 341 g/mol. The van der Waals surface area contributed by atoms with Crippen molar-refractivity contribution >= 4 is 34.3 Å². The van der Waals surface area contributed by atoms with E-state index in [1.165, 1.54) is 11.3 Å². The summed E-state index contributed by atoms with van der Waals surface area (Å²) >= 11 is 1.23. The molecule has 0 saturated carbocycles. The van der Waals surface area contributed by atoms with Crippen molar-refractivity contribution in [3.05, 3.63) is 11.1 Å². The van der Waals surface area contributed by atoms with Crippen molar-refractivity contribution in [2.75, 3.05) is 5.32 Å². The summed E-state index contributed by atoms with van der Waals surface area (Å²) in [5, 5.41) is 16.3. The second kappa shape index (κ2) is 8.05. The zero-order valence-corrected chi connectivity index (χ0v) is 14.6. The number of nitrogens with one attached hydrogen (secondary N) is 2. The third kappa shape index (κ3) is 6.35. The van der Waals surface area contributed by atoms with E-state index >= 15 is 0 Å². The minimum absolute atomic E-state index is 0.0185. The first-order valence-electron chi connectivity index (χ1n) is 7.41. The number of nitrogens with zero attached hydrogens (tertiary/aromatic N) is 1. The topological polar surface area (TPSA) is 108 Å². The summed E-state index contributed by atoms with van der Waals surface area (Å²) < 4.78 is 0. The summed E-state index contributed by atoms with van der Waals surface area (Å²) in [5.74, 6) is -1.60. The molecule has 0 saturated heterocycles. The fourth-order valence-electron chi connectivity index (χ4n) is 1.69. The third-order valence-corrected chi connectivity index (χ3v) is 3.81. The van der Waals surface area contributed by atoms with Gasteiger partial charge in [0.15, 0.2) is 5.13 Å². The highest BCUT2D eigenvalue weighted by Gasteiger charge is 2.23. The number of thiazole rings is 1. The normalized spacial score (nSPS) is 12.5. The summed E-state index contributed by atoms with van der Waals surface area (Å²) in [7, 11) is 0. The first kappa shape index (κ1) is 19.1. The van der Waals surface area contributed by atoms with E-state index in [9.17, 15) is 14.4 Å². The zero-order valence-electron chi connectivity index (χ0n) is 13.8. The molecular formula is C15H23N3O4S. The average Bonchev–Trinajstić information content (AvgIpc) is 2.84. The fourth-order valence-corrected chi connectivity index (χ4v) is 2.39. The lowest BCUT2D eigenvalue weighted by Gasteiger charge is -2.15. The van der Waals surface area contributed by atoms with Crippen LogP contribution in [-0.4, -0.2) is 33.9 Å². The predicted octanol–water partition coefficient (Wildman–Crippen LogP) is 2.04. The van der Waals surface area contributed by atoms with Gasteiger partial charge in [-0.1, -0.05) is 34.1 Å². The van der Waals surface area contributed by atoms with Crippen LogP contribution in [0.2, 0.25) is 0 Å². The number of carbonyl (C=O) groups excluding carboxylic acids is 2. The van der Waals surface area contributed by atoms with Gasteiger partial charge >= 0.3 is 5.97 Å². The summed E-state index contributed by atoms with van der Waals surface area (Å²) in [6.45, 7) is 7.24. The number of carboxylic acids is 1. The summed E-state index contributed by atoms with van der Waals surface area (Å²) in [6, 6.07) is -0.883. The van der Waals surface area contributed by atoms with Gasteiger partial charge in [-0.2, -0.15) is 0 Å². The third-order valence-electron chi connectivity index (χ3n) is 3.01. The van der Waals surface area contributed by atoms with E-state index < -0.39 is 23.3 Å². The van der Waals surface area contributed by atoms with Gasteiger partial charge in [0.2, 0.25) is 11.8 Å². The molecule has 0 fully saturated rings. The van der Waals surface area contributed by atoms with Gasteiger partial charge in [-0.05, 0) is 6.42 Å². The Bertz CT molecular complexity index is 578. The second-order valence-electron chi connectivity index (χ2n) is 6.27. The van der Waals surface area contributed by atoms with Crippen LogP contribution in [0.1, 0.15) is 46.2 Å².